The smallest absolute Gasteiger partial charge is 0.387 e. The van der Waals surface area contributed by atoms with Crippen molar-refractivity contribution in [3.8, 4) is 0 Å². The molecule has 1 atom stereocenters. The van der Waals surface area contributed by atoms with Crippen LogP contribution in [0.25, 0.3) is 0 Å². The molecular formula is C13H18F3NO2. The molecule has 108 valence electrons. The highest BCUT2D eigenvalue weighted by atomic mass is 19.4. The predicted molar refractivity (Wildman–Crippen MR) is 65.2 cm³/mol. The third kappa shape index (κ3) is 5.59. The summed E-state index contributed by atoms with van der Waals surface area (Å²) in [5, 5.41) is 9.76. The summed E-state index contributed by atoms with van der Waals surface area (Å²) in [6.07, 6.45) is -5.27. The molecule has 6 heteroatoms. The third-order valence-electron chi connectivity index (χ3n) is 2.42. The number of hydrogen-bond acceptors (Lipinski definition) is 3. The number of halogens is 3. The van der Waals surface area contributed by atoms with E-state index >= 15 is 0 Å². The molecule has 1 unspecified atom stereocenters. The number of rotatable bonds is 6. The molecule has 0 amide bonds. The minimum Gasteiger partial charge on any atom is -0.387 e. The largest absolute Gasteiger partial charge is 0.416 e. The first-order chi connectivity index (χ1) is 8.80. The van der Waals surface area contributed by atoms with Crippen LogP contribution in [0, 0.1) is 5.92 Å². The molecule has 0 saturated heterocycles. The summed E-state index contributed by atoms with van der Waals surface area (Å²) in [5.74, 6) is 0.357. The molecule has 0 aromatic heterocycles. The average molecular weight is 277 g/mol. The molecule has 0 aliphatic rings. The molecule has 19 heavy (non-hydrogen) atoms. The Kier molecular flexibility index (Phi) is 5.78. The Labute approximate surface area is 110 Å². The fraction of sp³-hybridized carbons (Fsp3) is 0.538. The van der Waals surface area contributed by atoms with Crippen LogP contribution in [0.5, 0.6) is 0 Å². The second-order valence-corrected chi connectivity index (χ2v) is 4.69. The van der Waals surface area contributed by atoms with Crippen LogP contribution >= 0.6 is 0 Å². The molecule has 1 rings (SSSR count). The second-order valence-electron chi connectivity index (χ2n) is 4.69. The molecule has 0 aliphatic heterocycles. The van der Waals surface area contributed by atoms with Crippen molar-refractivity contribution in [3.05, 3.63) is 35.4 Å². The molecule has 0 aliphatic carbocycles. The predicted octanol–water partition coefficient (Wildman–Crippen LogP) is 2.92. The van der Waals surface area contributed by atoms with E-state index in [0.29, 0.717) is 18.1 Å². The van der Waals surface area contributed by atoms with Gasteiger partial charge in [-0.25, -0.2) is 0 Å². The van der Waals surface area contributed by atoms with Gasteiger partial charge in [-0.15, -0.1) is 0 Å². The first-order valence-electron chi connectivity index (χ1n) is 6.00. The SMILES string of the molecule is CC(C)CONCC(O)c1ccc(C(F)(F)F)cc1. The summed E-state index contributed by atoms with van der Waals surface area (Å²) in [6.45, 7) is 4.58. The van der Waals surface area contributed by atoms with Gasteiger partial charge in [-0.3, -0.25) is 0 Å². The maximum atomic E-state index is 12.3. The van der Waals surface area contributed by atoms with Crippen molar-refractivity contribution in [1.82, 2.24) is 5.48 Å². The van der Waals surface area contributed by atoms with E-state index in [0.717, 1.165) is 12.1 Å². The van der Waals surface area contributed by atoms with Crippen molar-refractivity contribution in [1.29, 1.82) is 0 Å². The minimum atomic E-state index is -4.36. The van der Waals surface area contributed by atoms with E-state index < -0.39 is 17.8 Å². The zero-order valence-corrected chi connectivity index (χ0v) is 10.9. The van der Waals surface area contributed by atoms with Gasteiger partial charge < -0.3 is 9.94 Å². The van der Waals surface area contributed by atoms with Crippen LogP contribution in [0.3, 0.4) is 0 Å². The zero-order chi connectivity index (χ0) is 14.5. The van der Waals surface area contributed by atoms with E-state index in [-0.39, 0.29) is 6.54 Å². The summed E-state index contributed by atoms with van der Waals surface area (Å²) in [5.41, 5.74) is 2.27. The van der Waals surface area contributed by atoms with Gasteiger partial charge in [0.05, 0.1) is 24.8 Å². The van der Waals surface area contributed by atoms with Crippen molar-refractivity contribution >= 4 is 0 Å². The van der Waals surface area contributed by atoms with Crippen molar-refractivity contribution in [2.45, 2.75) is 26.1 Å². The normalized spacial score (nSPS) is 13.8. The van der Waals surface area contributed by atoms with E-state index in [1.807, 2.05) is 13.8 Å². The number of alkyl halides is 3. The Morgan fingerprint density at radius 2 is 1.79 bits per heavy atom. The van der Waals surface area contributed by atoms with Crippen LogP contribution in [0.1, 0.15) is 31.1 Å². The van der Waals surface area contributed by atoms with Crippen LogP contribution in [0.2, 0.25) is 0 Å². The average Bonchev–Trinajstić information content (AvgIpc) is 2.33. The topological polar surface area (TPSA) is 41.5 Å². The lowest BCUT2D eigenvalue weighted by atomic mass is 10.1. The van der Waals surface area contributed by atoms with Gasteiger partial charge in [-0.1, -0.05) is 26.0 Å². The standard InChI is InChI=1S/C13H18F3NO2/c1-9(2)8-19-17-7-12(18)10-3-5-11(6-4-10)13(14,15)16/h3-6,9,12,17-18H,7-8H2,1-2H3. The van der Waals surface area contributed by atoms with E-state index in [4.69, 9.17) is 4.84 Å². The number of hydrogen-bond donors (Lipinski definition) is 2. The van der Waals surface area contributed by atoms with E-state index in [9.17, 15) is 18.3 Å². The first kappa shape index (κ1) is 15.9. The number of benzene rings is 1. The lowest BCUT2D eigenvalue weighted by molar-refractivity contribution is -0.137. The van der Waals surface area contributed by atoms with Gasteiger partial charge in [0.1, 0.15) is 0 Å². The van der Waals surface area contributed by atoms with Gasteiger partial charge in [0.15, 0.2) is 0 Å². The lowest BCUT2D eigenvalue weighted by Crippen LogP contribution is -2.23. The Morgan fingerprint density at radius 1 is 1.21 bits per heavy atom. The highest BCUT2D eigenvalue weighted by molar-refractivity contribution is 5.26. The molecule has 0 radical (unpaired) electrons. The maximum absolute atomic E-state index is 12.3. The summed E-state index contributed by atoms with van der Waals surface area (Å²) in [4.78, 5) is 5.08. The number of aliphatic hydroxyl groups is 1. The minimum absolute atomic E-state index is 0.123. The van der Waals surface area contributed by atoms with Crippen LogP contribution in [0.4, 0.5) is 13.2 Å². The molecule has 0 bridgehead atoms. The van der Waals surface area contributed by atoms with Crippen molar-refractivity contribution < 1.29 is 23.1 Å². The van der Waals surface area contributed by atoms with Crippen LogP contribution in [-0.4, -0.2) is 18.3 Å². The van der Waals surface area contributed by atoms with E-state index in [1.54, 1.807) is 0 Å². The van der Waals surface area contributed by atoms with Gasteiger partial charge >= 0.3 is 6.18 Å². The number of hydroxylamine groups is 1. The number of nitrogens with one attached hydrogen (secondary N) is 1. The molecule has 0 spiro atoms. The summed E-state index contributed by atoms with van der Waals surface area (Å²) >= 11 is 0. The van der Waals surface area contributed by atoms with E-state index in [2.05, 4.69) is 5.48 Å². The summed E-state index contributed by atoms with van der Waals surface area (Å²) < 4.78 is 37.0. The molecular weight excluding hydrogens is 259 g/mol. The first-order valence-corrected chi connectivity index (χ1v) is 6.00. The van der Waals surface area contributed by atoms with Crippen LogP contribution < -0.4 is 5.48 Å². The van der Waals surface area contributed by atoms with Crippen molar-refractivity contribution in [2.75, 3.05) is 13.2 Å². The molecule has 2 N–H and O–H groups in total. The highest BCUT2D eigenvalue weighted by Gasteiger charge is 2.30. The van der Waals surface area contributed by atoms with Crippen LogP contribution in [0.15, 0.2) is 24.3 Å². The lowest BCUT2D eigenvalue weighted by Gasteiger charge is -2.14. The van der Waals surface area contributed by atoms with Gasteiger partial charge in [0.25, 0.3) is 0 Å². The zero-order valence-electron chi connectivity index (χ0n) is 10.9. The van der Waals surface area contributed by atoms with Crippen LogP contribution in [-0.2, 0) is 11.0 Å². The molecule has 1 aromatic rings. The van der Waals surface area contributed by atoms with Gasteiger partial charge in [0, 0.05) is 0 Å². The fourth-order valence-corrected chi connectivity index (χ4v) is 1.38. The number of aliphatic hydroxyl groups excluding tert-OH is 1. The summed E-state index contributed by atoms with van der Waals surface area (Å²) in [7, 11) is 0. The Bertz CT molecular complexity index is 376. The third-order valence-corrected chi connectivity index (χ3v) is 2.42. The fourth-order valence-electron chi connectivity index (χ4n) is 1.38. The second kappa shape index (κ2) is 6.88. The molecule has 1 aromatic carbocycles. The van der Waals surface area contributed by atoms with Gasteiger partial charge in [-0.2, -0.15) is 18.7 Å². The Morgan fingerprint density at radius 3 is 2.26 bits per heavy atom. The van der Waals surface area contributed by atoms with Crippen molar-refractivity contribution in [3.63, 3.8) is 0 Å². The Hall–Kier alpha value is -1.11. The van der Waals surface area contributed by atoms with Crippen molar-refractivity contribution in [2.24, 2.45) is 5.92 Å². The Balaban J connectivity index is 2.47. The molecule has 0 fully saturated rings. The highest BCUT2D eigenvalue weighted by Crippen LogP contribution is 2.29. The molecule has 0 saturated carbocycles. The maximum Gasteiger partial charge on any atom is 0.416 e. The molecule has 3 nitrogen and oxygen atoms in total. The molecule has 0 heterocycles. The summed E-state index contributed by atoms with van der Waals surface area (Å²) in [6, 6.07) is 4.43. The quantitative estimate of drug-likeness (QED) is 0.620. The van der Waals surface area contributed by atoms with E-state index in [1.165, 1.54) is 12.1 Å². The monoisotopic (exact) mass is 277 g/mol. The van der Waals surface area contributed by atoms with Gasteiger partial charge in [0.2, 0.25) is 0 Å². The van der Waals surface area contributed by atoms with Gasteiger partial charge in [-0.05, 0) is 23.6 Å².